The van der Waals surface area contributed by atoms with Crippen molar-refractivity contribution in [2.24, 2.45) is 5.92 Å². The van der Waals surface area contributed by atoms with Crippen LogP contribution in [0.5, 0.6) is 0 Å². The quantitative estimate of drug-likeness (QED) is 0.398. The summed E-state index contributed by atoms with van der Waals surface area (Å²) in [6, 6.07) is 15.0. The Labute approximate surface area is 226 Å². The molecule has 1 saturated carbocycles. The summed E-state index contributed by atoms with van der Waals surface area (Å²) in [6.07, 6.45) is 13.5. The van der Waals surface area contributed by atoms with Gasteiger partial charge in [-0.05, 0) is 117 Å². The third-order valence-corrected chi connectivity index (χ3v) is 8.12. The van der Waals surface area contributed by atoms with E-state index >= 15 is 0 Å². The van der Waals surface area contributed by atoms with E-state index < -0.39 is 0 Å². The predicted octanol–water partition coefficient (Wildman–Crippen LogP) is 5.95. The highest BCUT2D eigenvalue weighted by atomic mass is 35.5. The lowest BCUT2D eigenvalue weighted by atomic mass is 9.84. The van der Waals surface area contributed by atoms with Crippen molar-refractivity contribution >= 4 is 35.3 Å². The van der Waals surface area contributed by atoms with E-state index in [1.165, 1.54) is 41.3 Å². The van der Waals surface area contributed by atoms with E-state index in [2.05, 4.69) is 52.5 Å². The summed E-state index contributed by atoms with van der Waals surface area (Å²) in [5.74, 6) is 0.758. The SMILES string of the molecule is Cc1c[nH]c2ccc(/C=C/C(=O)NC3CCC(CCN4CCc5ccc(C#N)cc5CC4)CC3)cc12.Cl. The van der Waals surface area contributed by atoms with Crippen LogP contribution >= 0.6 is 12.4 Å². The molecule has 0 radical (unpaired) electrons. The molecule has 1 fully saturated rings. The second-order valence-corrected chi connectivity index (χ2v) is 10.6. The molecule has 1 aliphatic carbocycles. The van der Waals surface area contributed by atoms with Crippen molar-refractivity contribution in [2.45, 2.75) is 57.9 Å². The van der Waals surface area contributed by atoms with Gasteiger partial charge in [-0.1, -0.05) is 12.1 Å². The van der Waals surface area contributed by atoms with Gasteiger partial charge in [0.15, 0.2) is 0 Å². The first-order chi connectivity index (χ1) is 17.6. The number of halogens is 1. The summed E-state index contributed by atoms with van der Waals surface area (Å²) in [5, 5.41) is 13.6. The third kappa shape index (κ3) is 6.83. The largest absolute Gasteiger partial charge is 0.361 e. The van der Waals surface area contributed by atoms with Crippen LogP contribution in [0.25, 0.3) is 17.0 Å². The molecule has 0 bridgehead atoms. The van der Waals surface area contributed by atoms with E-state index in [-0.39, 0.29) is 24.4 Å². The Hall–Kier alpha value is -3.07. The molecular weight excluding hydrogens is 480 g/mol. The van der Waals surface area contributed by atoms with Crippen molar-refractivity contribution < 1.29 is 4.79 Å². The number of rotatable bonds is 6. The first-order valence-electron chi connectivity index (χ1n) is 13.4. The number of amides is 1. The molecule has 2 aliphatic rings. The molecule has 5 rings (SSSR count). The number of benzene rings is 2. The van der Waals surface area contributed by atoms with Gasteiger partial charge >= 0.3 is 0 Å². The van der Waals surface area contributed by atoms with E-state index in [0.29, 0.717) is 0 Å². The fourth-order valence-corrected chi connectivity index (χ4v) is 5.83. The van der Waals surface area contributed by atoms with E-state index in [4.69, 9.17) is 0 Å². The summed E-state index contributed by atoms with van der Waals surface area (Å²) in [4.78, 5) is 18.4. The first kappa shape index (κ1) is 27.0. The highest BCUT2D eigenvalue weighted by molar-refractivity contribution is 5.93. The minimum absolute atomic E-state index is 0. The van der Waals surface area contributed by atoms with Crippen LogP contribution in [0.1, 0.15) is 59.9 Å². The number of aromatic nitrogens is 1. The van der Waals surface area contributed by atoms with Crippen molar-refractivity contribution in [3.05, 3.63) is 76.5 Å². The Morgan fingerprint density at radius 1 is 1.11 bits per heavy atom. The van der Waals surface area contributed by atoms with E-state index in [0.717, 1.165) is 67.9 Å². The molecule has 0 spiro atoms. The van der Waals surface area contributed by atoms with Gasteiger partial charge in [0.25, 0.3) is 0 Å². The molecule has 6 heteroatoms. The van der Waals surface area contributed by atoms with Gasteiger partial charge in [0.1, 0.15) is 0 Å². The van der Waals surface area contributed by atoms with Crippen molar-refractivity contribution in [3.63, 3.8) is 0 Å². The number of hydrogen-bond donors (Lipinski definition) is 2. The van der Waals surface area contributed by atoms with Crippen molar-refractivity contribution in [1.82, 2.24) is 15.2 Å². The normalized spacial score (nSPS) is 20.1. The molecule has 2 N–H and O–H groups in total. The number of carbonyl (C=O) groups excluding carboxylic acids is 1. The maximum absolute atomic E-state index is 12.5. The van der Waals surface area contributed by atoms with Crippen molar-refractivity contribution in [1.29, 1.82) is 5.26 Å². The molecule has 0 atom stereocenters. The zero-order chi connectivity index (χ0) is 24.9. The minimum Gasteiger partial charge on any atom is -0.361 e. The Kier molecular flexibility index (Phi) is 9.08. The number of hydrogen-bond acceptors (Lipinski definition) is 3. The zero-order valence-corrected chi connectivity index (χ0v) is 22.4. The smallest absolute Gasteiger partial charge is 0.244 e. The summed E-state index contributed by atoms with van der Waals surface area (Å²) in [5.41, 5.74) is 6.92. The fraction of sp³-hybridized carbons (Fsp3) is 0.419. The summed E-state index contributed by atoms with van der Waals surface area (Å²) in [6.45, 7) is 5.42. The third-order valence-electron chi connectivity index (χ3n) is 8.12. The molecule has 2 heterocycles. The lowest BCUT2D eigenvalue weighted by Gasteiger charge is -2.30. The molecule has 194 valence electrons. The van der Waals surface area contributed by atoms with Gasteiger partial charge in [-0.15, -0.1) is 12.4 Å². The average molecular weight is 517 g/mol. The lowest BCUT2D eigenvalue weighted by Crippen LogP contribution is -2.37. The average Bonchev–Trinajstić information content (AvgIpc) is 3.14. The zero-order valence-electron chi connectivity index (χ0n) is 21.6. The summed E-state index contributed by atoms with van der Waals surface area (Å²) >= 11 is 0. The van der Waals surface area contributed by atoms with Crippen LogP contribution < -0.4 is 5.32 Å². The van der Waals surface area contributed by atoms with Crippen LogP contribution in [-0.4, -0.2) is 41.5 Å². The molecule has 1 aliphatic heterocycles. The fourth-order valence-electron chi connectivity index (χ4n) is 5.83. The molecule has 1 amide bonds. The highest BCUT2D eigenvalue weighted by Gasteiger charge is 2.23. The molecule has 5 nitrogen and oxygen atoms in total. The first-order valence-corrected chi connectivity index (χ1v) is 13.4. The van der Waals surface area contributed by atoms with E-state index in [9.17, 15) is 10.1 Å². The minimum atomic E-state index is 0. The molecule has 37 heavy (non-hydrogen) atoms. The number of fused-ring (bicyclic) bond motifs is 2. The second-order valence-electron chi connectivity index (χ2n) is 10.6. The van der Waals surface area contributed by atoms with Gasteiger partial charge in [0, 0.05) is 42.3 Å². The van der Waals surface area contributed by atoms with Crippen LogP contribution in [0.4, 0.5) is 0 Å². The van der Waals surface area contributed by atoms with Gasteiger partial charge in [-0.2, -0.15) is 5.26 Å². The number of carbonyl (C=O) groups is 1. The number of H-pyrrole nitrogens is 1. The van der Waals surface area contributed by atoms with Gasteiger partial charge in [0.2, 0.25) is 5.91 Å². The number of nitriles is 1. The van der Waals surface area contributed by atoms with Crippen LogP contribution in [0.3, 0.4) is 0 Å². The van der Waals surface area contributed by atoms with Crippen LogP contribution in [0, 0.1) is 24.2 Å². The van der Waals surface area contributed by atoms with Gasteiger partial charge in [-0.3, -0.25) is 4.79 Å². The molecule has 2 aromatic carbocycles. The molecule has 1 aromatic heterocycles. The van der Waals surface area contributed by atoms with Crippen molar-refractivity contribution in [2.75, 3.05) is 19.6 Å². The molecule has 0 saturated heterocycles. The Morgan fingerprint density at radius 3 is 2.68 bits per heavy atom. The number of nitrogens with one attached hydrogen (secondary N) is 2. The van der Waals surface area contributed by atoms with Crippen LogP contribution in [0.2, 0.25) is 0 Å². The topological polar surface area (TPSA) is 71.9 Å². The molecular formula is C31H37ClN4O. The maximum atomic E-state index is 12.5. The lowest BCUT2D eigenvalue weighted by molar-refractivity contribution is -0.117. The number of aromatic amines is 1. The predicted molar refractivity (Wildman–Crippen MR) is 153 cm³/mol. The van der Waals surface area contributed by atoms with Crippen LogP contribution in [-0.2, 0) is 17.6 Å². The maximum Gasteiger partial charge on any atom is 0.244 e. The molecule has 0 unspecified atom stereocenters. The molecule has 3 aromatic rings. The monoisotopic (exact) mass is 516 g/mol. The van der Waals surface area contributed by atoms with Gasteiger partial charge < -0.3 is 15.2 Å². The van der Waals surface area contributed by atoms with E-state index in [1.54, 1.807) is 6.08 Å². The summed E-state index contributed by atoms with van der Waals surface area (Å²) < 4.78 is 0. The Balaban J connectivity index is 0.00000320. The van der Waals surface area contributed by atoms with Gasteiger partial charge in [-0.25, -0.2) is 0 Å². The number of aryl methyl sites for hydroxylation is 1. The standard InChI is InChI=1S/C31H36N4O.ClH/c1-22-21-33-30-10-5-24(19-29(22)30)6-11-31(36)34-28-8-3-23(4-9-28)12-15-35-16-13-26-7-2-25(20-32)18-27(26)14-17-35;/h2,5-7,10-11,18-19,21,23,28,33H,3-4,8-9,12-17H2,1H3,(H,34,36);1H/b11-6+;. The summed E-state index contributed by atoms with van der Waals surface area (Å²) in [7, 11) is 0. The van der Waals surface area contributed by atoms with Crippen LogP contribution in [0.15, 0.2) is 48.7 Å². The second kappa shape index (κ2) is 12.4. The number of nitrogens with zero attached hydrogens (tertiary/aromatic N) is 2. The highest BCUT2D eigenvalue weighted by Crippen LogP contribution is 2.28. The van der Waals surface area contributed by atoms with Crippen molar-refractivity contribution in [3.8, 4) is 6.07 Å². The Morgan fingerprint density at radius 2 is 1.89 bits per heavy atom. The van der Waals surface area contributed by atoms with E-state index in [1.807, 2.05) is 24.4 Å². The van der Waals surface area contributed by atoms with Gasteiger partial charge in [0.05, 0.1) is 11.6 Å². The Bertz CT molecular complexity index is 1300.